The molecule has 5 fully saturated rings. The first-order valence-corrected chi connectivity index (χ1v) is 25.9. The molecule has 0 unspecified atom stereocenters. The number of aliphatic hydroxyl groups excluding tert-OH is 1. The van der Waals surface area contributed by atoms with Crippen LogP contribution in [0.4, 0.5) is 21.8 Å². The predicted octanol–water partition coefficient (Wildman–Crippen LogP) is 5.85. The highest BCUT2D eigenvalue weighted by Gasteiger charge is 2.50. The molecule has 17 heteroatoms. The standard InChI is InChI=1S/C55H70FN11O5/c1-6-35-11-13-36(14-12-35)31-58-51(71)46-27-41(68)34-67(46)52(72)48(54(3,4)5)61-50(70)38-15-19-55(20-16-38)29-40(30-55)64-21-17-37(18-22-64)39-32-59-53(60-33-39)66-25-23-65(24-26-66)45-28-44(62-63-49(45)57-7-2)42-9-8-10-43(56)47(42)69/h1,8-14,28,32-33,37-38,40-41,46,48,68-69H,7,15-27,29-31,34H2,2-5H3,(H,57,63)(H,58,71)(H,61,70)/t38-,40-,41-,46+,48-,55?/m1/s1. The Morgan fingerprint density at radius 2 is 1.60 bits per heavy atom. The fraction of sp³-hybridized carbons (Fsp3) is 0.545. The van der Waals surface area contributed by atoms with Crippen molar-refractivity contribution in [3.8, 4) is 29.4 Å². The van der Waals surface area contributed by atoms with E-state index in [0.29, 0.717) is 67.7 Å². The van der Waals surface area contributed by atoms with Gasteiger partial charge in [0.05, 0.1) is 17.5 Å². The van der Waals surface area contributed by atoms with Crippen LogP contribution in [0.15, 0.2) is 60.9 Å². The quantitative estimate of drug-likeness (QED) is 0.101. The summed E-state index contributed by atoms with van der Waals surface area (Å²) >= 11 is 0. The molecule has 382 valence electrons. The average Bonchev–Trinajstić information content (AvgIpc) is 3.79. The van der Waals surface area contributed by atoms with Crippen LogP contribution >= 0.6 is 0 Å². The number of carbonyl (C=O) groups excluding carboxylic acids is 3. The van der Waals surface area contributed by atoms with Gasteiger partial charge in [-0.05, 0) is 130 Å². The number of halogens is 1. The molecule has 2 aromatic heterocycles. The van der Waals surface area contributed by atoms with Gasteiger partial charge in [0.25, 0.3) is 0 Å². The van der Waals surface area contributed by atoms with Crippen LogP contribution in [0.3, 0.4) is 0 Å². The molecule has 2 aromatic carbocycles. The van der Waals surface area contributed by atoms with Gasteiger partial charge in [0.1, 0.15) is 12.1 Å². The molecule has 2 aliphatic carbocycles. The SMILES string of the molecule is C#Cc1ccc(CNC(=O)[C@@H]2C[C@@H](O)CN2C(=O)[C@@H](NC(=O)[C@H]2CCC3(CC2)C[C@H](N2CCC(c4cnc(N5CCN(c6cc(-c7cccc(F)c7O)nnc6NCC)CC5)nc4)CC2)C3)C(C)(C)C)cc1. The van der Waals surface area contributed by atoms with E-state index in [4.69, 9.17) is 16.4 Å². The van der Waals surface area contributed by atoms with Crippen molar-refractivity contribution in [2.75, 3.05) is 67.5 Å². The fourth-order valence-corrected chi connectivity index (χ4v) is 11.7. The number of aromatic hydroxyl groups is 1. The van der Waals surface area contributed by atoms with Gasteiger partial charge in [0.2, 0.25) is 23.7 Å². The van der Waals surface area contributed by atoms with E-state index in [2.05, 4.69) is 46.8 Å². The van der Waals surface area contributed by atoms with Gasteiger partial charge >= 0.3 is 0 Å². The third kappa shape index (κ3) is 11.0. The van der Waals surface area contributed by atoms with Crippen LogP contribution < -0.4 is 25.8 Å². The Morgan fingerprint density at radius 1 is 0.917 bits per heavy atom. The first kappa shape index (κ1) is 50.6. The van der Waals surface area contributed by atoms with Gasteiger partial charge < -0.3 is 45.8 Å². The van der Waals surface area contributed by atoms with Crippen LogP contribution in [0.5, 0.6) is 5.75 Å². The number of benzene rings is 2. The third-order valence-corrected chi connectivity index (χ3v) is 16.1. The minimum Gasteiger partial charge on any atom is -0.504 e. The number of phenolic OH excluding ortho intramolecular Hbond substituents is 1. The smallest absolute Gasteiger partial charge is 0.246 e. The zero-order valence-corrected chi connectivity index (χ0v) is 42.1. The number of aliphatic hydroxyl groups is 1. The maximum atomic E-state index is 14.2. The van der Waals surface area contributed by atoms with Gasteiger partial charge in [-0.25, -0.2) is 14.4 Å². The summed E-state index contributed by atoms with van der Waals surface area (Å²) in [7, 11) is 0. The summed E-state index contributed by atoms with van der Waals surface area (Å²) < 4.78 is 14.2. The number of likely N-dealkylation sites (tertiary alicyclic amines) is 2. The molecule has 5 heterocycles. The fourth-order valence-electron chi connectivity index (χ4n) is 11.7. The lowest BCUT2D eigenvalue weighted by Gasteiger charge is -2.55. The molecule has 3 aliphatic heterocycles. The van der Waals surface area contributed by atoms with E-state index in [1.807, 2.05) is 70.4 Å². The van der Waals surface area contributed by atoms with Crippen LogP contribution in [0, 0.1) is 34.9 Å². The predicted molar refractivity (Wildman–Crippen MR) is 274 cm³/mol. The number of rotatable bonds is 13. The molecule has 3 saturated heterocycles. The number of amides is 3. The first-order valence-electron chi connectivity index (χ1n) is 25.9. The van der Waals surface area contributed by atoms with E-state index in [0.717, 1.165) is 81.3 Å². The van der Waals surface area contributed by atoms with Crippen LogP contribution in [0.2, 0.25) is 0 Å². The highest BCUT2D eigenvalue weighted by atomic mass is 19.1. The summed E-state index contributed by atoms with van der Waals surface area (Å²) in [5.41, 5.74) is 3.99. The van der Waals surface area contributed by atoms with Gasteiger partial charge in [0, 0.05) is 87.7 Å². The number of para-hydroxylation sites is 1. The number of hydrogen-bond donors (Lipinski definition) is 5. The van der Waals surface area contributed by atoms with Crippen molar-refractivity contribution < 1.29 is 29.0 Å². The van der Waals surface area contributed by atoms with Gasteiger partial charge in [-0.2, -0.15) is 0 Å². The van der Waals surface area contributed by atoms with Gasteiger partial charge in [0.15, 0.2) is 17.4 Å². The lowest BCUT2D eigenvalue weighted by atomic mass is 9.56. The highest BCUT2D eigenvalue weighted by molar-refractivity contribution is 5.93. The topological polar surface area (TPSA) is 192 Å². The monoisotopic (exact) mass is 984 g/mol. The van der Waals surface area contributed by atoms with Crippen LogP contribution in [0.25, 0.3) is 11.3 Å². The first-order chi connectivity index (χ1) is 34.6. The number of β-amino-alcohol motifs (C(OH)–C–C–N with tert-alkyl or cyclic N) is 1. The maximum absolute atomic E-state index is 14.2. The number of nitrogens with one attached hydrogen (secondary N) is 3. The van der Waals surface area contributed by atoms with E-state index < -0.39 is 35.2 Å². The van der Waals surface area contributed by atoms with E-state index in [1.54, 1.807) is 12.1 Å². The summed E-state index contributed by atoms with van der Waals surface area (Å²) in [5, 5.41) is 39.1. The summed E-state index contributed by atoms with van der Waals surface area (Å²) in [5.74, 6) is 2.25. The minimum atomic E-state index is -0.849. The number of terminal acetylenes is 1. The number of piperazine rings is 1. The number of anilines is 3. The second-order valence-corrected chi connectivity index (χ2v) is 21.8. The number of aromatic nitrogens is 4. The Morgan fingerprint density at radius 3 is 2.25 bits per heavy atom. The zero-order valence-electron chi connectivity index (χ0n) is 42.1. The Hall–Kier alpha value is -6.38. The molecular formula is C55H70FN11O5. The lowest BCUT2D eigenvalue weighted by Crippen LogP contribution is -2.59. The van der Waals surface area contributed by atoms with Crippen molar-refractivity contribution >= 4 is 35.2 Å². The second-order valence-electron chi connectivity index (χ2n) is 21.8. The van der Waals surface area contributed by atoms with E-state index >= 15 is 0 Å². The Kier molecular flexibility index (Phi) is 15.0. The molecule has 3 atom stereocenters. The molecule has 4 aromatic rings. The molecule has 16 nitrogen and oxygen atoms in total. The summed E-state index contributed by atoms with van der Waals surface area (Å²) in [4.78, 5) is 59.8. The van der Waals surface area contributed by atoms with Crippen molar-refractivity contribution in [2.45, 2.75) is 122 Å². The normalized spacial score (nSPS) is 24.3. The van der Waals surface area contributed by atoms with Crippen molar-refractivity contribution in [3.05, 3.63) is 83.4 Å². The Labute approximate surface area is 422 Å². The van der Waals surface area contributed by atoms with Crippen molar-refractivity contribution in [1.82, 2.24) is 40.6 Å². The van der Waals surface area contributed by atoms with E-state index in [-0.39, 0.29) is 48.6 Å². The van der Waals surface area contributed by atoms with Gasteiger partial charge in [-0.1, -0.05) is 44.9 Å². The molecule has 0 bridgehead atoms. The molecule has 72 heavy (non-hydrogen) atoms. The van der Waals surface area contributed by atoms with E-state index in [9.17, 15) is 29.0 Å². The summed E-state index contributed by atoms with van der Waals surface area (Å²) in [6.07, 6.45) is 16.8. The molecule has 2 saturated carbocycles. The van der Waals surface area contributed by atoms with E-state index in [1.165, 1.54) is 16.5 Å². The lowest BCUT2D eigenvalue weighted by molar-refractivity contribution is -0.145. The van der Waals surface area contributed by atoms with Crippen molar-refractivity contribution in [3.63, 3.8) is 0 Å². The molecule has 3 amide bonds. The number of phenols is 1. The minimum absolute atomic E-state index is 0.0346. The number of carbonyl (C=O) groups is 3. The van der Waals surface area contributed by atoms with Crippen molar-refractivity contribution in [2.24, 2.45) is 16.7 Å². The summed E-state index contributed by atoms with van der Waals surface area (Å²) in [6, 6.07) is 12.5. The maximum Gasteiger partial charge on any atom is 0.246 e. The molecule has 5 aliphatic rings. The van der Waals surface area contributed by atoms with Gasteiger partial charge in [-0.15, -0.1) is 16.6 Å². The molecule has 9 rings (SSSR count). The zero-order chi connectivity index (χ0) is 50.7. The van der Waals surface area contributed by atoms with Gasteiger partial charge in [-0.3, -0.25) is 14.4 Å². The Bertz CT molecular complexity index is 2610. The average molecular weight is 984 g/mol. The van der Waals surface area contributed by atoms with Crippen LogP contribution in [-0.4, -0.2) is 134 Å². The highest BCUT2D eigenvalue weighted by Crippen LogP contribution is 2.55. The Balaban J connectivity index is 0.714. The second kappa shape index (κ2) is 21.4. The third-order valence-electron chi connectivity index (χ3n) is 16.1. The van der Waals surface area contributed by atoms with Crippen LogP contribution in [-0.2, 0) is 20.9 Å². The molecule has 5 N–H and O–H groups in total. The number of nitrogens with zero attached hydrogens (tertiary/aromatic N) is 8. The number of piperidine rings is 1. The number of hydrogen-bond acceptors (Lipinski definition) is 13. The van der Waals surface area contributed by atoms with Crippen molar-refractivity contribution in [1.29, 1.82) is 0 Å². The largest absolute Gasteiger partial charge is 0.504 e. The van der Waals surface area contributed by atoms with Crippen LogP contribution in [0.1, 0.15) is 108 Å². The molecular weight excluding hydrogens is 914 g/mol. The molecule has 0 radical (unpaired) electrons. The summed E-state index contributed by atoms with van der Waals surface area (Å²) in [6.45, 7) is 13.6. The molecule has 1 spiro atoms.